The van der Waals surface area contributed by atoms with Gasteiger partial charge in [-0.15, -0.1) is 0 Å². The predicted molar refractivity (Wildman–Crippen MR) is 211 cm³/mol. The Kier molecular flexibility index (Phi) is 14.4. The number of aliphatic hydroxyl groups is 2. The van der Waals surface area contributed by atoms with Crippen LogP contribution in [0.1, 0.15) is 124 Å². The van der Waals surface area contributed by atoms with E-state index in [2.05, 4.69) is 6.92 Å². The summed E-state index contributed by atoms with van der Waals surface area (Å²) < 4.78 is 5.71. The van der Waals surface area contributed by atoms with E-state index in [0.29, 0.717) is 17.5 Å². The van der Waals surface area contributed by atoms with E-state index in [1.54, 1.807) is 20.8 Å². The largest absolute Gasteiger partial charge is 0.501 e. The normalized spacial score (nSPS) is 15.5. The summed E-state index contributed by atoms with van der Waals surface area (Å²) in [6.45, 7) is 13.7. The van der Waals surface area contributed by atoms with Crippen LogP contribution in [-0.4, -0.2) is 81.9 Å². The summed E-state index contributed by atoms with van der Waals surface area (Å²) in [6, 6.07) is 23.1. The van der Waals surface area contributed by atoms with Crippen LogP contribution in [0.2, 0.25) is 5.04 Å². The third-order valence-electron chi connectivity index (χ3n) is 11.3. The standard InChI is InChI=1S/C43H62N2O7Si/c1-8-43(24-14-15-25-43)45(27-29-52-53(50,51)41(3,4)5)39(48)37-19-13-12-16-33(37)22-23-36(47)31-34-21-20-32(2)30-38(34)40(49)44(26-28-46)42(6,7)35-17-10-9-11-18-35/h9-13,16-21,30,40,46,49-51H,8,14-15,22-29,31H2,1-7H3. The van der Waals surface area contributed by atoms with E-state index in [4.69, 9.17) is 4.43 Å². The molecule has 1 atom stereocenters. The highest BCUT2D eigenvalue weighted by molar-refractivity contribution is 6.61. The van der Waals surface area contributed by atoms with Gasteiger partial charge >= 0.3 is 8.80 Å². The van der Waals surface area contributed by atoms with Crippen LogP contribution in [0.3, 0.4) is 0 Å². The van der Waals surface area contributed by atoms with Crippen LogP contribution in [0.5, 0.6) is 0 Å². The molecule has 3 aromatic rings. The van der Waals surface area contributed by atoms with Crippen LogP contribution >= 0.6 is 0 Å². The molecule has 3 aromatic carbocycles. The first kappa shape index (κ1) is 42.5. The summed E-state index contributed by atoms with van der Waals surface area (Å²) in [6.07, 6.45) is 4.20. The van der Waals surface area contributed by atoms with Crippen LogP contribution in [0.4, 0.5) is 0 Å². The predicted octanol–water partition coefficient (Wildman–Crippen LogP) is 6.87. The van der Waals surface area contributed by atoms with Gasteiger partial charge in [0.1, 0.15) is 12.0 Å². The first-order valence-electron chi connectivity index (χ1n) is 19.2. The minimum atomic E-state index is -3.98. The lowest BCUT2D eigenvalue weighted by Gasteiger charge is -2.42. The minimum Gasteiger partial charge on any atom is -0.395 e. The smallest absolute Gasteiger partial charge is 0.395 e. The number of aliphatic hydroxyl groups excluding tert-OH is 2. The van der Waals surface area contributed by atoms with Crippen molar-refractivity contribution in [1.82, 2.24) is 9.80 Å². The summed E-state index contributed by atoms with van der Waals surface area (Å²) in [4.78, 5) is 53.3. The number of Topliss-reactive ketones (excluding diaryl/α,β-unsaturated/α-hetero) is 1. The molecule has 1 amide bonds. The van der Waals surface area contributed by atoms with Crippen molar-refractivity contribution in [2.75, 3.05) is 26.3 Å². The second kappa shape index (κ2) is 17.9. The van der Waals surface area contributed by atoms with Crippen LogP contribution < -0.4 is 0 Å². The van der Waals surface area contributed by atoms with Gasteiger partial charge in [-0.3, -0.25) is 14.5 Å². The molecule has 0 saturated heterocycles. The Hall–Kier alpha value is -3.22. The summed E-state index contributed by atoms with van der Waals surface area (Å²) in [5.41, 5.74) is 3.68. The first-order chi connectivity index (χ1) is 25.0. The minimum absolute atomic E-state index is 0.0129. The molecule has 9 nitrogen and oxygen atoms in total. The van der Waals surface area contributed by atoms with Crippen molar-refractivity contribution in [3.8, 4) is 0 Å². The van der Waals surface area contributed by atoms with Crippen molar-refractivity contribution < 1.29 is 33.8 Å². The molecular formula is C43H62N2O7Si. The molecule has 0 spiro atoms. The van der Waals surface area contributed by atoms with Gasteiger partial charge in [0.15, 0.2) is 0 Å². The van der Waals surface area contributed by atoms with E-state index in [1.165, 1.54) is 0 Å². The van der Waals surface area contributed by atoms with Crippen LogP contribution in [0.25, 0.3) is 0 Å². The second-order valence-corrected chi connectivity index (χ2v) is 19.2. The molecule has 4 rings (SSSR count). The molecule has 0 heterocycles. The van der Waals surface area contributed by atoms with Gasteiger partial charge in [-0.25, -0.2) is 0 Å². The SMILES string of the molecule is CCC1(N(CCO[Si](O)(O)C(C)(C)C)C(=O)c2ccccc2CCC(=O)Cc2ccc(C)cc2C(O)N(CCO)C(C)(C)c2ccccc2)CCCC1. The maximum atomic E-state index is 14.5. The molecule has 290 valence electrons. The Bertz CT molecular complexity index is 1660. The number of ketones is 1. The molecule has 1 aliphatic carbocycles. The molecule has 0 radical (unpaired) electrons. The van der Waals surface area contributed by atoms with E-state index in [9.17, 15) is 29.4 Å². The summed E-state index contributed by atoms with van der Waals surface area (Å²) in [5.74, 6) is -0.144. The molecule has 10 heteroatoms. The van der Waals surface area contributed by atoms with Gasteiger partial charge in [-0.2, -0.15) is 0 Å². The summed E-state index contributed by atoms with van der Waals surface area (Å²) in [5, 5.41) is 21.1. The van der Waals surface area contributed by atoms with Crippen molar-refractivity contribution in [3.63, 3.8) is 0 Å². The third-order valence-corrected chi connectivity index (χ3v) is 13.9. The molecule has 0 aromatic heterocycles. The average molecular weight is 747 g/mol. The van der Waals surface area contributed by atoms with Gasteiger partial charge in [0.25, 0.3) is 5.91 Å². The van der Waals surface area contributed by atoms with Gasteiger partial charge in [0, 0.05) is 47.6 Å². The zero-order valence-electron chi connectivity index (χ0n) is 32.9. The Balaban J connectivity index is 1.54. The average Bonchev–Trinajstić information content (AvgIpc) is 3.62. The Morgan fingerprint density at radius 3 is 2.17 bits per heavy atom. The lowest BCUT2D eigenvalue weighted by atomic mass is 9.89. The maximum absolute atomic E-state index is 14.5. The number of benzene rings is 3. The molecule has 1 fully saturated rings. The second-order valence-electron chi connectivity index (χ2n) is 16.2. The van der Waals surface area contributed by atoms with Crippen molar-refractivity contribution in [2.45, 2.75) is 122 Å². The number of rotatable bonds is 18. The van der Waals surface area contributed by atoms with Gasteiger partial charge < -0.3 is 29.1 Å². The first-order valence-corrected chi connectivity index (χ1v) is 21.0. The van der Waals surface area contributed by atoms with Crippen molar-refractivity contribution in [2.24, 2.45) is 0 Å². The number of carbonyl (C=O) groups excluding carboxylic acids is 2. The Labute approximate surface area is 318 Å². The Morgan fingerprint density at radius 2 is 1.55 bits per heavy atom. The van der Waals surface area contributed by atoms with Gasteiger partial charge in [-0.05, 0) is 74.8 Å². The number of amides is 1. The zero-order chi connectivity index (χ0) is 39.0. The fraction of sp³-hybridized carbons (Fsp3) is 0.535. The van der Waals surface area contributed by atoms with E-state index in [-0.39, 0.29) is 56.4 Å². The van der Waals surface area contributed by atoms with Crippen molar-refractivity contribution in [3.05, 3.63) is 106 Å². The maximum Gasteiger partial charge on any atom is 0.501 e. The molecule has 0 aliphatic heterocycles. The summed E-state index contributed by atoms with van der Waals surface area (Å²) in [7, 11) is -3.98. The van der Waals surface area contributed by atoms with Gasteiger partial charge in [0.05, 0.1) is 13.2 Å². The monoisotopic (exact) mass is 746 g/mol. The zero-order valence-corrected chi connectivity index (χ0v) is 33.9. The van der Waals surface area contributed by atoms with Crippen molar-refractivity contribution >= 4 is 20.5 Å². The number of hydrogen-bond acceptors (Lipinski definition) is 8. The van der Waals surface area contributed by atoms with E-state index in [0.717, 1.165) is 54.4 Å². The van der Waals surface area contributed by atoms with Crippen LogP contribution in [-0.2, 0) is 27.6 Å². The van der Waals surface area contributed by atoms with E-state index < -0.39 is 25.6 Å². The molecule has 1 aliphatic rings. The van der Waals surface area contributed by atoms with Gasteiger partial charge in [0.2, 0.25) is 0 Å². The van der Waals surface area contributed by atoms with Gasteiger partial charge in [-0.1, -0.05) is 113 Å². The summed E-state index contributed by atoms with van der Waals surface area (Å²) >= 11 is 0. The molecule has 1 saturated carbocycles. The number of aryl methyl sites for hydroxylation is 2. The lowest BCUT2D eigenvalue weighted by molar-refractivity contribution is -0.118. The third kappa shape index (κ3) is 10.1. The Morgan fingerprint density at radius 1 is 0.906 bits per heavy atom. The van der Waals surface area contributed by atoms with Crippen molar-refractivity contribution in [1.29, 1.82) is 0 Å². The molecule has 0 bridgehead atoms. The highest BCUT2D eigenvalue weighted by atomic mass is 28.4. The molecule has 1 unspecified atom stereocenters. The fourth-order valence-electron chi connectivity index (χ4n) is 7.68. The molecule has 53 heavy (non-hydrogen) atoms. The van der Waals surface area contributed by atoms with E-state index in [1.807, 2.05) is 103 Å². The highest BCUT2D eigenvalue weighted by Crippen LogP contribution is 2.40. The van der Waals surface area contributed by atoms with Crippen LogP contribution in [0, 0.1) is 6.92 Å². The van der Waals surface area contributed by atoms with E-state index >= 15 is 0 Å². The van der Waals surface area contributed by atoms with Crippen LogP contribution in [0.15, 0.2) is 72.8 Å². The quantitative estimate of drug-likeness (QED) is 0.0821. The number of carbonyl (C=O) groups is 2. The highest BCUT2D eigenvalue weighted by Gasteiger charge is 2.47. The number of hydrogen-bond donors (Lipinski definition) is 4. The number of nitrogens with zero attached hydrogens (tertiary/aromatic N) is 2. The lowest BCUT2D eigenvalue weighted by Crippen LogP contribution is -2.54. The fourth-order valence-corrected chi connectivity index (χ4v) is 8.48. The molecule has 4 N–H and O–H groups in total. The topological polar surface area (TPSA) is 131 Å². The molecular weight excluding hydrogens is 685 g/mol.